The number of rotatable bonds is 21. The van der Waals surface area contributed by atoms with Gasteiger partial charge in [-0.05, 0) is 11.6 Å². The van der Waals surface area contributed by atoms with Gasteiger partial charge in [0.15, 0.2) is 5.76 Å². The maximum Gasteiger partial charge on any atom is 0.255 e. The lowest BCUT2D eigenvalue weighted by Gasteiger charge is -2.14. The quantitative estimate of drug-likeness (QED) is 0.195. The Bertz CT molecular complexity index is 688. The maximum atomic E-state index is 9.57. The average Bonchev–Trinajstić information content (AvgIpc) is 3.32. The van der Waals surface area contributed by atoms with Crippen molar-refractivity contribution < 1.29 is 19.1 Å². The Labute approximate surface area is 200 Å². The largest absolute Gasteiger partial charge is 0.467 e. The van der Waals surface area contributed by atoms with E-state index in [1.165, 1.54) is 83.5 Å². The Morgan fingerprint density at radius 1 is 0.818 bits per heavy atom. The van der Waals surface area contributed by atoms with Crippen molar-refractivity contribution in [3.63, 3.8) is 0 Å². The number of nitrogens with zero attached hydrogens (tertiary/aromatic N) is 1. The van der Waals surface area contributed by atoms with Crippen LogP contribution in [-0.2, 0) is 4.74 Å². The zero-order valence-corrected chi connectivity index (χ0v) is 20.7. The highest BCUT2D eigenvalue weighted by atomic mass is 16.6. The fraction of sp³-hybridized carbons (Fsp3) is 0.679. The van der Waals surface area contributed by atoms with Crippen LogP contribution in [0.3, 0.4) is 0 Å². The van der Waals surface area contributed by atoms with Crippen LogP contribution in [0.1, 0.15) is 96.8 Å². The van der Waals surface area contributed by atoms with Crippen LogP contribution in [0.25, 0.3) is 11.3 Å². The first-order chi connectivity index (χ1) is 16.3. The molecule has 0 bridgehead atoms. The van der Waals surface area contributed by atoms with Crippen LogP contribution in [0.2, 0.25) is 0 Å². The number of unbranched alkanes of at least 4 members (excludes halogenated alkanes) is 13. The van der Waals surface area contributed by atoms with Gasteiger partial charge >= 0.3 is 0 Å². The van der Waals surface area contributed by atoms with Gasteiger partial charge in [-0.2, -0.15) is 0 Å². The highest BCUT2D eigenvalue weighted by molar-refractivity contribution is 5.57. The van der Waals surface area contributed by atoms with Gasteiger partial charge in [-0.15, -0.1) is 0 Å². The van der Waals surface area contributed by atoms with E-state index in [9.17, 15) is 5.11 Å². The van der Waals surface area contributed by atoms with Crippen molar-refractivity contribution in [1.82, 2.24) is 5.16 Å². The number of aliphatic hydroxyl groups excluding tert-OH is 1. The molecular weight excluding hydrogens is 414 g/mol. The normalized spacial score (nSPS) is 12.2. The van der Waals surface area contributed by atoms with Crippen molar-refractivity contribution in [3.8, 4) is 17.2 Å². The van der Waals surface area contributed by atoms with Gasteiger partial charge in [0.1, 0.15) is 6.10 Å². The van der Waals surface area contributed by atoms with E-state index in [0.717, 1.165) is 12.0 Å². The average molecular weight is 460 g/mol. The maximum absolute atomic E-state index is 9.57. The molecule has 1 atom stereocenters. The fourth-order valence-corrected chi connectivity index (χ4v) is 3.96. The van der Waals surface area contributed by atoms with E-state index in [-0.39, 0.29) is 6.61 Å². The van der Waals surface area contributed by atoms with Crippen LogP contribution < -0.4 is 4.74 Å². The summed E-state index contributed by atoms with van der Waals surface area (Å²) in [5, 5.41) is 13.5. The van der Waals surface area contributed by atoms with Crippen molar-refractivity contribution in [2.45, 2.75) is 103 Å². The van der Waals surface area contributed by atoms with Crippen LogP contribution in [0.4, 0.5) is 0 Å². The van der Waals surface area contributed by atoms with E-state index in [2.05, 4.69) is 12.1 Å². The van der Waals surface area contributed by atoms with E-state index >= 15 is 0 Å². The molecule has 0 saturated carbocycles. The summed E-state index contributed by atoms with van der Waals surface area (Å²) in [5.74, 6) is 1.01. The number of hydrogen-bond acceptors (Lipinski definition) is 5. The molecule has 0 amide bonds. The predicted octanol–water partition coefficient (Wildman–Crippen LogP) is 7.58. The summed E-state index contributed by atoms with van der Waals surface area (Å²) in [6.07, 6.45) is 18.4. The molecule has 0 saturated heterocycles. The second-order valence-corrected chi connectivity index (χ2v) is 8.99. The number of benzene rings is 1. The first-order valence-electron chi connectivity index (χ1n) is 13.2. The van der Waals surface area contributed by atoms with E-state index in [1.807, 2.05) is 30.3 Å². The van der Waals surface area contributed by atoms with Gasteiger partial charge in [0.2, 0.25) is 0 Å². The van der Waals surface area contributed by atoms with Crippen molar-refractivity contribution in [1.29, 1.82) is 0 Å². The first kappa shape index (κ1) is 27.4. The molecule has 0 spiro atoms. The van der Waals surface area contributed by atoms with E-state index < -0.39 is 6.10 Å². The van der Waals surface area contributed by atoms with Crippen LogP contribution in [0.15, 0.2) is 40.9 Å². The molecule has 1 unspecified atom stereocenters. The van der Waals surface area contributed by atoms with Crippen LogP contribution >= 0.6 is 0 Å². The molecule has 1 aromatic carbocycles. The molecule has 0 aliphatic heterocycles. The molecule has 5 nitrogen and oxygen atoms in total. The topological polar surface area (TPSA) is 64.7 Å². The fourth-order valence-electron chi connectivity index (χ4n) is 3.96. The SMILES string of the molecule is CCCCCCCCCCCCCCCCOCC(CO)Oc1cc(-c2ccccc2)on1. The lowest BCUT2D eigenvalue weighted by molar-refractivity contribution is 0.0153. The van der Waals surface area contributed by atoms with Gasteiger partial charge < -0.3 is 19.1 Å². The monoisotopic (exact) mass is 459 g/mol. The summed E-state index contributed by atoms with van der Waals surface area (Å²) in [6.45, 7) is 3.21. The summed E-state index contributed by atoms with van der Waals surface area (Å²) in [5.41, 5.74) is 0.939. The molecule has 1 aromatic heterocycles. The van der Waals surface area contributed by atoms with Crippen LogP contribution in [0.5, 0.6) is 5.88 Å². The van der Waals surface area contributed by atoms with Crippen molar-refractivity contribution in [2.75, 3.05) is 19.8 Å². The first-order valence-corrected chi connectivity index (χ1v) is 13.2. The number of aromatic nitrogens is 1. The van der Waals surface area contributed by atoms with E-state index in [0.29, 0.717) is 24.9 Å². The summed E-state index contributed by atoms with van der Waals surface area (Å²) in [6, 6.07) is 11.5. The molecule has 2 rings (SSSR count). The second-order valence-electron chi connectivity index (χ2n) is 8.99. The van der Waals surface area contributed by atoms with Gasteiger partial charge in [-0.3, -0.25) is 0 Å². The van der Waals surface area contributed by atoms with Crippen molar-refractivity contribution >= 4 is 0 Å². The predicted molar refractivity (Wildman–Crippen MR) is 135 cm³/mol. The molecule has 5 heteroatoms. The number of aliphatic hydroxyl groups is 1. The minimum Gasteiger partial charge on any atom is -0.467 e. The van der Waals surface area contributed by atoms with Crippen LogP contribution in [0, 0.1) is 0 Å². The lowest BCUT2D eigenvalue weighted by Crippen LogP contribution is -2.27. The van der Waals surface area contributed by atoms with E-state index in [1.54, 1.807) is 6.07 Å². The molecule has 186 valence electrons. The molecule has 0 aliphatic rings. The molecule has 1 N–H and O–H groups in total. The Kier molecular flexibility index (Phi) is 15.4. The Balaban J connectivity index is 1.41. The Hall–Kier alpha value is -1.85. The molecule has 33 heavy (non-hydrogen) atoms. The lowest BCUT2D eigenvalue weighted by atomic mass is 10.0. The minimum absolute atomic E-state index is 0.119. The zero-order chi connectivity index (χ0) is 23.4. The third-order valence-corrected chi connectivity index (χ3v) is 5.98. The second kappa shape index (κ2) is 18.6. The zero-order valence-electron chi connectivity index (χ0n) is 20.7. The summed E-state index contributed by atoms with van der Waals surface area (Å²) >= 11 is 0. The Morgan fingerprint density at radius 2 is 1.39 bits per heavy atom. The highest BCUT2D eigenvalue weighted by Crippen LogP contribution is 2.23. The molecule has 2 aromatic rings. The molecule has 0 radical (unpaired) electrons. The van der Waals surface area contributed by atoms with E-state index in [4.69, 9.17) is 14.0 Å². The van der Waals surface area contributed by atoms with Crippen molar-refractivity contribution in [3.05, 3.63) is 36.4 Å². The smallest absolute Gasteiger partial charge is 0.255 e. The molecule has 0 aliphatic carbocycles. The molecule has 1 heterocycles. The molecular formula is C28H45NO4. The van der Waals surface area contributed by atoms with Gasteiger partial charge in [0.05, 0.1) is 13.2 Å². The third-order valence-electron chi connectivity index (χ3n) is 5.98. The van der Waals surface area contributed by atoms with Crippen molar-refractivity contribution in [2.24, 2.45) is 0 Å². The van der Waals surface area contributed by atoms with Gasteiger partial charge in [-0.25, -0.2) is 0 Å². The summed E-state index contributed by atoms with van der Waals surface area (Å²) in [7, 11) is 0. The standard InChI is InChI=1S/C28H45NO4/c1-2-3-4-5-6-7-8-9-10-11-12-13-14-18-21-31-24-26(23-30)32-28-22-27(33-29-28)25-19-16-15-17-20-25/h15-17,19-20,22,26,30H,2-14,18,21,23-24H2,1H3. The Morgan fingerprint density at radius 3 is 1.97 bits per heavy atom. The summed E-state index contributed by atoms with van der Waals surface area (Å²) in [4.78, 5) is 0. The van der Waals surface area contributed by atoms with Gasteiger partial charge in [-0.1, -0.05) is 121 Å². The van der Waals surface area contributed by atoms with Gasteiger partial charge in [0.25, 0.3) is 5.88 Å². The highest BCUT2D eigenvalue weighted by Gasteiger charge is 2.14. The van der Waals surface area contributed by atoms with Gasteiger partial charge in [0, 0.05) is 18.2 Å². The van der Waals surface area contributed by atoms with Crippen LogP contribution in [-0.4, -0.2) is 36.2 Å². The number of hydrogen-bond donors (Lipinski definition) is 1. The third kappa shape index (κ3) is 12.8. The minimum atomic E-state index is -0.439. The number of ether oxygens (including phenoxy) is 2. The summed E-state index contributed by atoms with van der Waals surface area (Å²) < 4.78 is 16.8. The molecule has 0 fully saturated rings.